The number of imide groups is 1. The lowest BCUT2D eigenvalue weighted by atomic mass is 9.58. The molecule has 5 heteroatoms. The number of aliphatic hydroxyl groups is 1. The molecule has 2 amide bonds. The normalized spacial score (nSPS) is 34.8. The van der Waals surface area contributed by atoms with Gasteiger partial charge in [-0.15, -0.1) is 0 Å². The Morgan fingerprint density at radius 3 is 2.50 bits per heavy atom. The number of rotatable bonds is 4. The highest BCUT2D eigenvalue weighted by Gasteiger charge is 2.64. The number of nitrogens with zero attached hydrogens (tertiary/aromatic N) is 1. The third-order valence-corrected chi connectivity index (χ3v) is 11.4. The molecule has 2 aromatic carbocycles. The molecule has 2 saturated carbocycles. The maximum atomic E-state index is 14.0. The SMILES string of the molecule is COc1ccc2c(c1)CC[C@H]1C2=C(C[C@]23CC[C@H](C[C@H]2O)C3(C)C)C[C@@H]2C(=O)N(c3ccccc3)C(=O)[C@@H]21. The Hall–Kier alpha value is -2.92. The predicted molar refractivity (Wildman–Crippen MR) is 146 cm³/mol. The van der Waals surface area contributed by atoms with Crippen molar-refractivity contribution in [3.05, 3.63) is 65.2 Å². The number of allylic oxidation sites excluding steroid dienone is 2. The number of ether oxygens (including phenoxy) is 1. The lowest BCUT2D eigenvalue weighted by Crippen LogP contribution is -2.41. The fourth-order valence-electron chi connectivity index (χ4n) is 9.26. The van der Waals surface area contributed by atoms with E-state index in [0.29, 0.717) is 18.0 Å². The van der Waals surface area contributed by atoms with Crippen molar-refractivity contribution in [3.8, 4) is 5.75 Å². The van der Waals surface area contributed by atoms with E-state index in [1.165, 1.54) is 27.2 Å². The number of aryl methyl sites for hydroxylation is 1. The summed E-state index contributed by atoms with van der Waals surface area (Å²) in [7, 11) is 1.70. The van der Waals surface area contributed by atoms with E-state index in [1.807, 2.05) is 36.4 Å². The molecule has 0 unspecified atom stereocenters. The Morgan fingerprint density at radius 2 is 1.82 bits per heavy atom. The lowest BCUT2D eigenvalue weighted by Gasteiger charge is -2.45. The van der Waals surface area contributed by atoms with Crippen LogP contribution >= 0.6 is 0 Å². The molecule has 5 nitrogen and oxygen atoms in total. The van der Waals surface area contributed by atoms with Gasteiger partial charge in [0.1, 0.15) is 5.75 Å². The Bertz CT molecular complexity index is 1360. The molecule has 4 aliphatic carbocycles. The van der Waals surface area contributed by atoms with Gasteiger partial charge in [-0.3, -0.25) is 14.5 Å². The Balaban J connectivity index is 1.37. The third-order valence-electron chi connectivity index (χ3n) is 11.4. The lowest BCUT2D eigenvalue weighted by molar-refractivity contribution is -0.122. The second kappa shape index (κ2) is 8.29. The van der Waals surface area contributed by atoms with Crippen LogP contribution in [0.15, 0.2) is 54.1 Å². The van der Waals surface area contributed by atoms with Gasteiger partial charge in [0.2, 0.25) is 11.8 Å². The van der Waals surface area contributed by atoms with Crippen LogP contribution in [0, 0.1) is 34.5 Å². The van der Waals surface area contributed by atoms with Crippen molar-refractivity contribution in [2.45, 2.75) is 64.9 Å². The number of carbonyl (C=O) groups excluding carboxylic acids is 2. The average Bonchev–Trinajstić information content (AvgIpc) is 3.39. The van der Waals surface area contributed by atoms with Crippen LogP contribution in [0.1, 0.15) is 63.5 Å². The summed E-state index contributed by atoms with van der Waals surface area (Å²) in [5.74, 6) is 0.645. The van der Waals surface area contributed by atoms with Crippen molar-refractivity contribution in [1.82, 2.24) is 0 Å². The minimum atomic E-state index is -0.332. The molecule has 0 spiro atoms. The number of para-hydroxylation sites is 1. The number of anilines is 1. The van der Waals surface area contributed by atoms with E-state index in [4.69, 9.17) is 4.74 Å². The zero-order valence-electron chi connectivity index (χ0n) is 22.6. The summed E-state index contributed by atoms with van der Waals surface area (Å²) in [5, 5.41) is 11.4. The first-order chi connectivity index (χ1) is 18.3. The minimum absolute atomic E-state index is 0.0186. The molecule has 1 aliphatic heterocycles. The van der Waals surface area contributed by atoms with Crippen LogP contribution in [0.2, 0.25) is 0 Å². The number of hydrogen-bond acceptors (Lipinski definition) is 4. The fraction of sp³-hybridized carbons (Fsp3) is 0.515. The van der Waals surface area contributed by atoms with E-state index in [-0.39, 0.29) is 46.5 Å². The molecule has 7 rings (SSSR count). The zero-order chi connectivity index (χ0) is 26.4. The highest BCUT2D eigenvalue weighted by Crippen LogP contribution is 2.69. The molecule has 1 saturated heterocycles. The molecular formula is C33H37NO4. The molecule has 2 aromatic rings. The van der Waals surface area contributed by atoms with Crippen LogP contribution in [0.5, 0.6) is 5.75 Å². The Kier molecular flexibility index (Phi) is 5.27. The number of aliphatic hydroxyl groups excluding tert-OH is 1. The molecule has 0 radical (unpaired) electrons. The first-order valence-corrected chi connectivity index (χ1v) is 14.3. The molecule has 2 bridgehead atoms. The first-order valence-electron chi connectivity index (χ1n) is 14.3. The Morgan fingerprint density at radius 1 is 1.03 bits per heavy atom. The van der Waals surface area contributed by atoms with Gasteiger partial charge in [-0.1, -0.05) is 43.7 Å². The number of carbonyl (C=O) groups is 2. The third kappa shape index (κ3) is 3.08. The van der Waals surface area contributed by atoms with Gasteiger partial charge in [0.15, 0.2) is 0 Å². The van der Waals surface area contributed by atoms with Gasteiger partial charge in [0.25, 0.3) is 0 Å². The number of hydrogen-bond donors (Lipinski definition) is 1. The first kappa shape index (κ1) is 24.1. The second-order valence-corrected chi connectivity index (χ2v) is 12.9. The topological polar surface area (TPSA) is 66.8 Å². The zero-order valence-corrected chi connectivity index (χ0v) is 22.6. The molecule has 38 heavy (non-hydrogen) atoms. The van der Waals surface area contributed by atoms with Crippen LogP contribution < -0.4 is 9.64 Å². The van der Waals surface area contributed by atoms with Gasteiger partial charge < -0.3 is 9.84 Å². The number of benzene rings is 2. The van der Waals surface area contributed by atoms with Gasteiger partial charge >= 0.3 is 0 Å². The molecular weight excluding hydrogens is 474 g/mol. The summed E-state index contributed by atoms with van der Waals surface area (Å²) in [6.45, 7) is 4.69. The molecule has 5 aliphatic rings. The van der Waals surface area contributed by atoms with Crippen LogP contribution in [-0.2, 0) is 16.0 Å². The highest BCUT2D eigenvalue weighted by molar-refractivity contribution is 6.23. The highest BCUT2D eigenvalue weighted by atomic mass is 16.5. The van der Waals surface area contributed by atoms with Crippen LogP contribution in [0.4, 0.5) is 5.69 Å². The Labute approximate surface area is 224 Å². The van der Waals surface area contributed by atoms with E-state index >= 15 is 0 Å². The molecule has 198 valence electrons. The monoisotopic (exact) mass is 511 g/mol. The summed E-state index contributed by atoms with van der Waals surface area (Å²) >= 11 is 0. The number of methoxy groups -OCH3 is 1. The van der Waals surface area contributed by atoms with Crippen molar-refractivity contribution in [2.24, 2.45) is 34.5 Å². The summed E-state index contributed by atoms with van der Waals surface area (Å²) < 4.78 is 5.54. The van der Waals surface area contributed by atoms with Crippen LogP contribution in [-0.4, -0.2) is 30.1 Å². The largest absolute Gasteiger partial charge is 0.497 e. The second-order valence-electron chi connectivity index (χ2n) is 12.9. The van der Waals surface area contributed by atoms with Crippen molar-refractivity contribution in [2.75, 3.05) is 12.0 Å². The van der Waals surface area contributed by atoms with E-state index < -0.39 is 0 Å². The maximum Gasteiger partial charge on any atom is 0.238 e. The van der Waals surface area contributed by atoms with E-state index in [0.717, 1.165) is 44.3 Å². The van der Waals surface area contributed by atoms with Gasteiger partial charge in [0, 0.05) is 5.41 Å². The van der Waals surface area contributed by atoms with Gasteiger partial charge in [0.05, 0.1) is 30.7 Å². The van der Waals surface area contributed by atoms with Crippen molar-refractivity contribution in [1.29, 1.82) is 0 Å². The summed E-state index contributed by atoms with van der Waals surface area (Å²) in [6.07, 6.45) is 5.87. The average molecular weight is 512 g/mol. The van der Waals surface area contributed by atoms with E-state index in [2.05, 4.69) is 26.0 Å². The minimum Gasteiger partial charge on any atom is -0.497 e. The van der Waals surface area contributed by atoms with Crippen molar-refractivity contribution >= 4 is 23.1 Å². The van der Waals surface area contributed by atoms with Gasteiger partial charge in [-0.2, -0.15) is 0 Å². The molecule has 1 heterocycles. The van der Waals surface area contributed by atoms with E-state index in [1.54, 1.807) is 7.11 Å². The molecule has 6 atom stereocenters. The summed E-state index contributed by atoms with van der Waals surface area (Å²) in [4.78, 5) is 29.3. The summed E-state index contributed by atoms with van der Waals surface area (Å²) in [5.41, 5.74) is 5.60. The summed E-state index contributed by atoms with van der Waals surface area (Å²) in [6, 6.07) is 15.7. The quantitative estimate of drug-likeness (QED) is 0.527. The number of amides is 2. The van der Waals surface area contributed by atoms with Crippen molar-refractivity contribution in [3.63, 3.8) is 0 Å². The molecule has 0 aromatic heterocycles. The van der Waals surface area contributed by atoms with Crippen molar-refractivity contribution < 1.29 is 19.4 Å². The molecule has 3 fully saturated rings. The standard InChI is InChI=1S/C33H37NO4/c1-32(2)21-13-14-33(32,27(35)17-21)18-20-16-26-29(31(37)34(30(26)36)22-7-5-4-6-8-22)25-11-9-19-15-23(38-3)10-12-24(19)28(20)25/h4-8,10,12,15,21,25-27,29,35H,9,11,13-14,16-18H2,1-3H3/t21-,25+,26+,27-,29-,33-/m1/s1. The smallest absolute Gasteiger partial charge is 0.238 e. The van der Waals surface area contributed by atoms with Gasteiger partial charge in [-0.05, 0) is 103 Å². The number of fused-ring (bicyclic) bond motifs is 7. The van der Waals surface area contributed by atoms with Crippen LogP contribution in [0.25, 0.3) is 5.57 Å². The van der Waals surface area contributed by atoms with E-state index in [9.17, 15) is 14.7 Å². The van der Waals surface area contributed by atoms with Gasteiger partial charge in [-0.25, -0.2) is 0 Å². The van der Waals surface area contributed by atoms with Crippen LogP contribution in [0.3, 0.4) is 0 Å². The maximum absolute atomic E-state index is 14.0. The predicted octanol–water partition coefficient (Wildman–Crippen LogP) is 5.80. The fourth-order valence-corrected chi connectivity index (χ4v) is 9.26. The molecule has 1 N–H and O–H groups in total.